The Balaban J connectivity index is 2.03. The lowest BCUT2D eigenvalue weighted by molar-refractivity contribution is -0.948. The van der Waals surface area contributed by atoms with Crippen molar-refractivity contribution < 1.29 is 15.0 Å². The first kappa shape index (κ1) is 12.3. The molecule has 0 spiro atoms. The van der Waals surface area contributed by atoms with Crippen LogP contribution in [0, 0.1) is 0 Å². The molecule has 2 aliphatic heterocycles. The largest absolute Gasteiger partial charge is 0.370 e. The van der Waals surface area contributed by atoms with Gasteiger partial charge in [-0.15, -0.1) is 0 Å². The van der Waals surface area contributed by atoms with Crippen LogP contribution in [0.2, 0.25) is 0 Å². The minimum absolute atomic E-state index is 0.401. The molecule has 0 aromatic carbocycles. The van der Waals surface area contributed by atoms with Gasteiger partial charge in [-0.3, -0.25) is 0 Å². The van der Waals surface area contributed by atoms with E-state index in [1.165, 1.54) is 25.9 Å². The molecule has 0 unspecified atom stereocenters. The van der Waals surface area contributed by atoms with Crippen molar-refractivity contribution in [1.29, 1.82) is 0 Å². The molecule has 0 saturated carbocycles. The SMILES string of the molecule is CC1(C)CC([NH+]2CCOCC2)CC(C)(C)[NH2+]1. The summed E-state index contributed by atoms with van der Waals surface area (Å²) in [5.74, 6) is 0. The van der Waals surface area contributed by atoms with E-state index >= 15 is 0 Å². The molecule has 0 aromatic heterocycles. The number of rotatable bonds is 1. The van der Waals surface area contributed by atoms with Gasteiger partial charge in [0, 0.05) is 0 Å². The third kappa shape index (κ3) is 2.96. The number of quaternary nitrogens is 2. The maximum atomic E-state index is 5.47. The first-order valence-electron chi connectivity index (χ1n) is 6.67. The summed E-state index contributed by atoms with van der Waals surface area (Å²) in [4.78, 5) is 1.78. The average molecular weight is 228 g/mol. The second kappa shape index (κ2) is 4.28. The van der Waals surface area contributed by atoms with Crippen LogP contribution in [0.15, 0.2) is 0 Å². The molecule has 0 aliphatic carbocycles. The molecule has 0 radical (unpaired) electrons. The van der Waals surface area contributed by atoms with Crippen molar-refractivity contribution >= 4 is 0 Å². The van der Waals surface area contributed by atoms with Crippen LogP contribution in [-0.2, 0) is 4.74 Å². The number of hydrogen-bond acceptors (Lipinski definition) is 1. The summed E-state index contributed by atoms with van der Waals surface area (Å²) in [5, 5.41) is 2.57. The van der Waals surface area contributed by atoms with Gasteiger partial charge in [-0.05, 0) is 27.7 Å². The zero-order valence-corrected chi connectivity index (χ0v) is 11.3. The van der Waals surface area contributed by atoms with Crippen molar-refractivity contribution in [3.05, 3.63) is 0 Å². The lowest BCUT2D eigenvalue weighted by atomic mass is 9.79. The second-order valence-electron chi connectivity index (χ2n) is 7.00. The zero-order chi connectivity index (χ0) is 11.8. The van der Waals surface area contributed by atoms with Gasteiger partial charge in [0.25, 0.3) is 0 Å². The first-order valence-corrected chi connectivity index (χ1v) is 6.67. The molecule has 16 heavy (non-hydrogen) atoms. The van der Waals surface area contributed by atoms with Gasteiger partial charge in [0.15, 0.2) is 0 Å². The number of hydrogen-bond donors (Lipinski definition) is 2. The summed E-state index contributed by atoms with van der Waals surface area (Å²) < 4.78 is 5.47. The van der Waals surface area contributed by atoms with Crippen molar-refractivity contribution in [2.24, 2.45) is 0 Å². The molecule has 2 saturated heterocycles. The average Bonchev–Trinajstić information content (AvgIpc) is 2.14. The van der Waals surface area contributed by atoms with Gasteiger partial charge in [0.05, 0.1) is 43.2 Å². The zero-order valence-electron chi connectivity index (χ0n) is 11.3. The molecule has 2 rings (SSSR count). The third-order valence-corrected chi connectivity index (χ3v) is 4.04. The predicted molar refractivity (Wildman–Crippen MR) is 64.6 cm³/mol. The number of piperidine rings is 1. The third-order valence-electron chi connectivity index (χ3n) is 4.04. The van der Waals surface area contributed by atoms with Gasteiger partial charge < -0.3 is 15.0 Å². The van der Waals surface area contributed by atoms with Crippen LogP contribution in [0.25, 0.3) is 0 Å². The Bertz CT molecular complexity index is 228. The molecule has 0 aromatic rings. The lowest BCUT2D eigenvalue weighted by Gasteiger charge is -2.45. The van der Waals surface area contributed by atoms with E-state index < -0.39 is 0 Å². The fourth-order valence-corrected chi connectivity index (χ4v) is 3.85. The fraction of sp³-hybridized carbons (Fsp3) is 1.00. The van der Waals surface area contributed by atoms with Crippen molar-refractivity contribution in [3.63, 3.8) is 0 Å². The van der Waals surface area contributed by atoms with Crippen LogP contribution in [-0.4, -0.2) is 43.4 Å². The summed E-state index contributed by atoms with van der Waals surface area (Å²) in [6, 6.07) is 0.832. The highest BCUT2D eigenvalue weighted by atomic mass is 16.5. The Hall–Kier alpha value is -0.120. The Kier molecular flexibility index (Phi) is 3.30. The van der Waals surface area contributed by atoms with Crippen LogP contribution in [0.3, 0.4) is 0 Å². The van der Waals surface area contributed by atoms with Gasteiger partial charge in [-0.25, -0.2) is 0 Å². The van der Waals surface area contributed by atoms with E-state index in [1.807, 2.05) is 0 Å². The summed E-state index contributed by atoms with van der Waals surface area (Å²) in [7, 11) is 0. The minimum atomic E-state index is 0.401. The van der Waals surface area contributed by atoms with Gasteiger partial charge in [0.2, 0.25) is 0 Å². The maximum Gasteiger partial charge on any atom is 0.101 e. The molecule has 0 bridgehead atoms. The lowest BCUT2D eigenvalue weighted by Crippen LogP contribution is -3.21. The molecule has 94 valence electrons. The van der Waals surface area contributed by atoms with Crippen molar-refractivity contribution in [2.45, 2.75) is 57.7 Å². The molecule has 3 N–H and O–H groups in total. The van der Waals surface area contributed by atoms with E-state index in [0.29, 0.717) is 11.1 Å². The summed E-state index contributed by atoms with van der Waals surface area (Å²) in [6.45, 7) is 13.9. The number of morpholine rings is 1. The van der Waals surface area contributed by atoms with E-state index in [-0.39, 0.29) is 0 Å². The smallest absolute Gasteiger partial charge is 0.101 e. The maximum absolute atomic E-state index is 5.47. The van der Waals surface area contributed by atoms with Crippen molar-refractivity contribution in [2.75, 3.05) is 26.3 Å². The fourth-order valence-electron chi connectivity index (χ4n) is 3.85. The molecule has 2 heterocycles. The molecule has 2 fully saturated rings. The normalized spacial score (nSPS) is 31.5. The standard InChI is InChI=1S/C13H26N2O/c1-12(2)9-11(10-13(3,4)14-12)15-5-7-16-8-6-15/h11,14H,5-10H2,1-4H3/p+2. The first-order chi connectivity index (χ1) is 7.38. The number of nitrogens with one attached hydrogen (secondary N) is 1. The highest BCUT2D eigenvalue weighted by molar-refractivity contribution is 4.84. The molecule has 0 amide bonds. The Labute approximate surface area is 99.5 Å². The van der Waals surface area contributed by atoms with Crippen LogP contribution in [0.5, 0.6) is 0 Å². The molecule has 3 heteroatoms. The van der Waals surface area contributed by atoms with E-state index in [0.717, 1.165) is 19.3 Å². The molecular formula is C13H28N2O+2. The Morgan fingerprint density at radius 1 is 1.00 bits per heavy atom. The van der Waals surface area contributed by atoms with Crippen molar-refractivity contribution in [3.8, 4) is 0 Å². The molecular weight excluding hydrogens is 200 g/mol. The molecule has 0 atom stereocenters. The van der Waals surface area contributed by atoms with Crippen LogP contribution in [0.4, 0.5) is 0 Å². The van der Waals surface area contributed by atoms with Crippen LogP contribution < -0.4 is 10.2 Å². The molecule has 3 nitrogen and oxygen atoms in total. The van der Waals surface area contributed by atoms with E-state index in [2.05, 4.69) is 33.0 Å². The van der Waals surface area contributed by atoms with Crippen LogP contribution in [0.1, 0.15) is 40.5 Å². The highest BCUT2D eigenvalue weighted by Crippen LogP contribution is 2.20. The number of ether oxygens (including phenoxy) is 1. The molecule has 2 aliphatic rings. The van der Waals surface area contributed by atoms with E-state index in [9.17, 15) is 0 Å². The minimum Gasteiger partial charge on any atom is -0.370 e. The van der Waals surface area contributed by atoms with Gasteiger partial charge in [-0.1, -0.05) is 0 Å². The summed E-state index contributed by atoms with van der Waals surface area (Å²) in [6.07, 6.45) is 2.68. The van der Waals surface area contributed by atoms with Gasteiger partial charge in [0.1, 0.15) is 13.1 Å². The van der Waals surface area contributed by atoms with Gasteiger partial charge in [-0.2, -0.15) is 0 Å². The van der Waals surface area contributed by atoms with Crippen LogP contribution >= 0.6 is 0 Å². The van der Waals surface area contributed by atoms with E-state index in [4.69, 9.17) is 4.74 Å². The monoisotopic (exact) mass is 228 g/mol. The quantitative estimate of drug-likeness (QED) is 0.604. The highest BCUT2D eigenvalue weighted by Gasteiger charge is 2.45. The number of nitrogens with two attached hydrogens (primary N) is 1. The summed E-state index contributed by atoms with van der Waals surface area (Å²) in [5.41, 5.74) is 0.801. The Morgan fingerprint density at radius 2 is 1.50 bits per heavy atom. The Morgan fingerprint density at radius 3 is 2.00 bits per heavy atom. The topological polar surface area (TPSA) is 30.3 Å². The second-order valence-corrected chi connectivity index (χ2v) is 7.00. The van der Waals surface area contributed by atoms with Crippen molar-refractivity contribution in [1.82, 2.24) is 0 Å². The predicted octanol–water partition coefficient (Wildman–Crippen LogP) is -0.815. The van der Waals surface area contributed by atoms with Gasteiger partial charge >= 0.3 is 0 Å². The summed E-state index contributed by atoms with van der Waals surface area (Å²) >= 11 is 0. The van der Waals surface area contributed by atoms with E-state index in [1.54, 1.807) is 4.90 Å².